The van der Waals surface area contributed by atoms with E-state index in [1.807, 2.05) is 18.2 Å². The predicted molar refractivity (Wildman–Crippen MR) is 163 cm³/mol. The molecule has 1 saturated carbocycles. The van der Waals surface area contributed by atoms with Gasteiger partial charge in [0.15, 0.2) is 11.5 Å². The summed E-state index contributed by atoms with van der Waals surface area (Å²) in [6.07, 6.45) is 4.61. The fraction of sp³-hybridized carbons (Fsp3) is 0.500. The molecule has 2 heterocycles. The molecule has 0 bridgehead atoms. The van der Waals surface area contributed by atoms with Crippen LogP contribution in [0, 0.1) is 11.7 Å². The average Bonchev–Trinajstić information content (AvgIpc) is 3.68. The molecule has 1 N–H and O–H groups in total. The Morgan fingerprint density at radius 1 is 1.11 bits per heavy atom. The van der Waals surface area contributed by atoms with Crippen LogP contribution >= 0.6 is 11.6 Å². The third kappa shape index (κ3) is 7.63. The third-order valence-corrected chi connectivity index (χ3v) is 8.69. The van der Waals surface area contributed by atoms with Gasteiger partial charge in [0.05, 0.1) is 42.0 Å². The third-order valence-electron chi connectivity index (χ3n) is 8.37. The van der Waals surface area contributed by atoms with E-state index in [1.54, 1.807) is 17.8 Å². The van der Waals surface area contributed by atoms with Crippen molar-refractivity contribution >= 4 is 45.9 Å². The molecular weight excluding hydrogens is 591 g/mol. The number of rotatable bonds is 12. The summed E-state index contributed by atoms with van der Waals surface area (Å²) in [4.78, 5) is 39.8. The van der Waals surface area contributed by atoms with E-state index in [-0.39, 0.29) is 71.6 Å². The Balaban J connectivity index is 1.14. The van der Waals surface area contributed by atoms with Crippen molar-refractivity contribution < 1.29 is 33.0 Å². The Kier molecular flexibility index (Phi) is 10.6. The minimum absolute atomic E-state index is 0.00689. The molecule has 2 aromatic carbocycles. The average molecular weight is 629 g/mol. The van der Waals surface area contributed by atoms with Crippen molar-refractivity contribution in [1.82, 2.24) is 14.7 Å². The number of Topliss-reactive ketones (excluding diaryl/α,β-unsaturated/α-hetero) is 1. The van der Waals surface area contributed by atoms with Crippen LogP contribution in [-0.2, 0) is 37.3 Å². The molecule has 1 unspecified atom stereocenters. The van der Waals surface area contributed by atoms with Crippen molar-refractivity contribution in [3.63, 3.8) is 0 Å². The molecule has 44 heavy (non-hydrogen) atoms. The van der Waals surface area contributed by atoms with Gasteiger partial charge < -0.3 is 19.5 Å². The summed E-state index contributed by atoms with van der Waals surface area (Å²) in [5.41, 5.74) is 1.18. The minimum Gasteiger partial charge on any atom is -0.469 e. The van der Waals surface area contributed by atoms with Gasteiger partial charge in [-0.05, 0) is 62.3 Å². The molecular formula is C32H38ClFN4O6. The van der Waals surface area contributed by atoms with Crippen LogP contribution in [0.5, 0.6) is 0 Å². The highest BCUT2D eigenvalue weighted by atomic mass is 35.5. The summed E-state index contributed by atoms with van der Waals surface area (Å²) in [5.74, 6) is -1.75. The van der Waals surface area contributed by atoms with Crippen molar-refractivity contribution in [3.05, 3.63) is 58.5 Å². The lowest BCUT2D eigenvalue weighted by atomic mass is 9.87. The van der Waals surface area contributed by atoms with E-state index in [0.29, 0.717) is 5.39 Å². The Hall–Kier alpha value is -3.38. The van der Waals surface area contributed by atoms with E-state index in [1.165, 1.54) is 13.2 Å². The number of aryl methyl sites for hydroxylation is 1. The molecule has 2 aliphatic rings. The second-order valence-electron chi connectivity index (χ2n) is 11.4. The van der Waals surface area contributed by atoms with E-state index in [9.17, 15) is 14.4 Å². The Morgan fingerprint density at radius 2 is 1.84 bits per heavy atom. The number of aromatic nitrogens is 2. The number of carbonyl (C=O) groups excluding carboxylic acids is 3. The van der Waals surface area contributed by atoms with E-state index < -0.39 is 11.7 Å². The standard InChI is InChI=1S/C32H38ClFN4O6/c1-37-28-8-4-3-7-24(28)30(36-37)31(40)35-27-17-26(34)21(16-25(27)33)15-22(39)18-43-19-29(38-13-5-6-14-38)44-23-11-9-20(10-12-23)32(41)42-2/h3-4,7-8,16-17,20,23,29H,5-6,9-15,18-19H2,1-2H3,(H,35,40). The summed E-state index contributed by atoms with van der Waals surface area (Å²) in [6, 6.07) is 9.75. The maximum atomic E-state index is 15.0. The van der Waals surface area contributed by atoms with Crippen LogP contribution in [0.2, 0.25) is 5.02 Å². The fourth-order valence-corrected chi connectivity index (χ4v) is 6.24. The fourth-order valence-electron chi connectivity index (χ4n) is 6.00. The number of nitrogens with zero attached hydrogens (tertiary/aromatic N) is 3. The first kappa shape index (κ1) is 32.0. The second-order valence-corrected chi connectivity index (χ2v) is 11.8. The lowest BCUT2D eigenvalue weighted by Crippen LogP contribution is -2.42. The van der Waals surface area contributed by atoms with Gasteiger partial charge in [0.2, 0.25) is 0 Å². The normalized spacial score (nSPS) is 19.6. The molecule has 1 aromatic heterocycles. The molecule has 0 spiro atoms. The van der Waals surface area contributed by atoms with Crippen LogP contribution in [0.25, 0.3) is 10.9 Å². The van der Waals surface area contributed by atoms with Crippen molar-refractivity contribution in [2.24, 2.45) is 13.0 Å². The zero-order valence-corrected chi connectivity index (χ0v) is 25.8. The molecule has 2 fully saturated rings. The van der Waals surface area contributed by atoms with Crippen LogP contribution < -0.4 is 5.32 Å². The smallest absolute Gasteiger partial charge is 0.308 e. The number of ketones is 1. The first-order valence-corrected chi connectivity index (χ1v) is 15.4. The van der Waals surface area contributed by atoms with Crippen LogP contribution in [0.15, 0.2) is 36.4 Å². The minimum atomic E-state index is -0.662. The van der Waals surface area contributed by atoms with Crippen molar-refractivity contribution in [2.45, 2.75) is 57.3 Å². The number of fused-ring (bicyclic) bond motifs is 1. The number of esters is 1. The number of methoxy groups -OCH3 is 1. The number of ether oxygens (including phenoxy) is 3. The van der Waals surface area contributed by atoms with E-state index in [4.69, 9.17) is 25.8 Å². The number of hydrogen-bond donors (Lipinski definition) is 1. The molecule has 10 nitrogen and oxygen atoms in total. The van der Waals surface area contributed by atoms with Gasteiger partial charge >= 0.3 is 5.97 Å². The lowest BCUT2D eigenvalue weighted by Gasteiger charge is -2.34. The zero-order valence-electron chi connectivity index (χ0n) is 25.0. The number of halogens is 2. The van der Waals surface area contributed by atoms with Crippen molar-refractivity contribution in [1.29, 1.82) is 0 Å². The molecule has 0 radical (unpaired) electrons. The van der Waals surface area contributed by atoms with E-state index in [2.05, 4.69) is 15.3 Å². The quantitative estimate of drug-likeness (QED) is 0.282. The maximum Gasteiger partial charge on any atom is 0.308 e. The molecule has 5 rings (SSSR count). The second kappa shape index (κ2) is 14.6. The molecule has 1 aliphatic heterocycles. The Bertz CT molecular complexity index is 1500. The van der Waals surface area contributed by atoms with Crippen LogP contribution in [-0.4, -0.2) is 78.1 Å². The number of anilines is 1. The molecule has 236 valence electrons. The number of likely N-dealkylation sites (tertiary alicyclic amines) is 1. The number of hydrogen-bond acceptors (Lipinski definition) is 8. The highest BCUT2D eigenvalue weighted by Crippen LogP contribution is 2.30. The molecule has 1 aliphatic carbocycles. The first-order valence-electron chi connectivity index (χ1n) is 15.0. The monoisotopic (exact) mass is 628 g/mol. The number of benzene rings is 2. The molecule has 1 saturated heterocycles. The van der Waals surface area contributed by atoms with Crippen molar-refractivity contribution in [3.8, 4) is 0 Å². The lowest BCUT2D eigenvalue weighted by molar-refractivity contribution is -0.154. The van der Waals surface area contributed by atoms with Crippen molar-refractivity contribution in [2.75, 3.05) is 38.7 Å². The summed E-state index contributed by atoms with van der Waals surface area (Å²) in [5, 5.41) is 7.69. The zero-order chi connectivity index (χ0) is 31.2. The van der Waals surface area contributed by atoms with Crippen LogP contribution in [0.1, 0.15) is 54.6 Å². The number of para-hydroxylation sites is 1. The molecule has 3 aromatic rings. The predicted octanol–water partition coefficient (Wildman–Crippen LogP) is 4.92. The van der Waals surface area contributed by atoms with Gasteiger partial charge in [-0.25, -0.2) is 4.39 Å². The highest BCUT2D eigenvalue weighted by molar-refractivity contribution is 6.34. The largest absolute Gasteiger partial charge is 0.469 e. The highest BCUT2D eigenvalue weighted by Gasteiger charge is 2.31. The van der Waals surface area contributed by atoms with Gasteiger partial charge in [-0.1, -0.05) is 29.8 Å². The summed E-state index contributed by atoms with van der Waals surface area (Å²) >= 11 is 6.39. The van der Waals surface area contributed by atoms with E-state index in [0.717, 1.165) is 63.2 Å². The first-order chi connectivity index (χ1) is 21.2. The maximum absolute atomic E-state index is 15.0. The van der Waals surface area contributed by atoms with Gasteiger partial charge in [-0.3, -0.25) is 24.0 Å². The van der Waals surface area contributed by atoms with Gasteiger partial charge in [0, 0.05) is 31.9 Å². The Labute approximate surface area is 260 Å². The summed E-state index contributed by atoms with van der Waals surface area (Å²) in [7, 11) is 3.15. The number of carbonyl (C=O) groups is 3. The van der Waals surface area contributed by atoms with E-state index >= 15 is 4.39 Å². The summed E-state index contributed by atoms with van der Waals surface area (Å²) in [6.45, 7) is 1.79. The molecule has 1 atom stereocenters. The summed E-state index contributed by atoms with van der Waals surface area (Å²) < 4.78 is 33.7. The number of nitrogens with one attached hydrogen (secondary N) is 1. The van der Waals surface area contributed by atoms with Gasteiger partial charge in [-0.15, -0.1) is 0 Å². The SMILES string of the molecule is COC(=O)C1CCC(OC(COCC(=O)Cc2cc(Cl)c(NC(=O)c3nn(C)c4ccccc34)cc2F)N2CCCC2)CC1. The van der Waals surface area contributed by atoms with Gasteiger partial charge in [-0.2, -0.15) is 5.10 Å². The molecule has 12 heteroatoms. The van der Waals surface area contributed by atoms with Crippen LogP contribution in [0.3, 0.4) is 0 Å². The number of amides is 1. The van der Waals surface area contributed by atoms with Gasteiger partial charge in [0.25, 0.3) is 5.91 Å². The van der Waals surface area contributed by atoms with Gasteiger partial charge in [0.1, 0.15) is 18.7 Å². The van der Waals surface area contributed by atoms with Crippen LogP contribution in [0.4, 0.5) is 10.1 Å². The topological polar surface area (TPSA) is 112 Å². The molecule has 1 amide bonds. The Morgan fingerprint density at radius 3 is 2.57 bits per heavy atom.